The fourth-order valence-electron chi connectivity index (χ4n) is 4.70. The molecule has 2 aliphatic rings. The van der Waals surface area contributed by atoms with Crippen LogP contribution in [0.4, 0.5) is 0 Å². The first kappa shape index (κ1) is 23.4. The Balaban J connectivity index is 1.19. The predicted octanol–water partition coefficient (Wildman–Crippen LogP) is 3.05. The number of rotatable bonds is 6. The molecule has 1 N–H and O–H groups in total. The molecule has 0 aliphatic carbocycles. The van der Waals surface area contributed by atoms with E-state index < -0.39 is 5.91 Å². The first-order chi connectivity index (χ1) is 17.5. The maximum absolute atomic E-state index is 13.2. The molecule has 36 heavy (non-hydrogen) atoms. The Kier molecular flexibility index (Phi) is 6.58. The van der Waals surface area contributed by atoms with E-state index in [1.807, 2.05) is 42.5 Å². The van der Waals surface area contributed by atoms with E-state index in [0.29, 0.717) is 43.6 Å². The third-order valence-electron chi connectivity index (χ3n) is 6.74. The number of nitrogens with one attached hydrogen (secondary N) is 1. The molecule has 0 bridgehead atoms. The fraction of sp³-hybridized carbons (Fsp3) is 0.250. The molecule has 2 aliphatic heterocycles. The van der Waals surface area contributed by atoms with E-state index in [0.717, 1.165) is 11.1 Å². The number of fused-ring (bicyclic) bond motifs is 1. The van der Waals surface area contributed by atoms with Gasteiger partial charge in [-0.3, -0.25) is 29.1 Å². The van der Waals surface area contributed by atoms with Gasteiger partial charge in [0.05, 0.1) is 17.7 Å². The molecule has 0 saturated carbocycles. The number of aromatic nitrogens is 1. The van der Waals surface area contributed by atoms with Crippen molar-refractivity contribution in [2.75, 3.05) is 13.1 Å². The number of pyridine rings is 1. The van der Waals surface area contributed by atoms with E-state index in [-0.39, 0.29) is 35.7 Å². The molecule has 8 nitrogen and oxygen atoms in total. The average molecular weight is 483 g/mol. The van der Waals surface area contributed by atoms with Crippen LogP contribution in [0.25, 0.3) is 0 Å². The van der Waals surface area contributed by atoms with E-state index in [4.69, 9.17) is 0 Å². The van der Waals surface area contributed by atoms with E-state index in [1.165, 1.54) is 11.0 Å². The van der Waals surface area contributed by atoms with Crippen molar-refractivity contribution >= 4 is 23.6 Å². The molecule has 5 rings (SSSR count). The number of carbonyl (C=O) groups is 4. The third kappa shape index (κ3) is 4.75. The van der Waals surface area contributed by atoms with Crippen LogP contribution in [0.15, 0.2) is 73.1 Å². The van der Waals surface area contributed by atoms with Gasteiger partial charge in [-0.05, 0) is 48.2 Å². The fourth-order valence-corrected chi connectivity index (χ4v) is 4.70. The molecule has 0 radical (unpaired) electrons. The molecule has 182 valence electrons. The van der Waals surface area contributed by atoms with Crippen LogP contribution in [0.2, 0.25) is 0 Å². The first-order valence-electron chi connectivity index (χ1n) is 12.0. The maximum atomic E-state index is 13.2. The van der Waals surface area contributed by atoms with E-state index >= 15 is 0 Å². The summed E-state index contributed by atoms with van der Waals surface area (Å²) < 4.78 is 0. The average Bonchev–Trinajstić information content (AvgIpc) is 3.16. The summed E-state index contributed by atoms with van der Waals surface area (Å²) in [7, 11) is 0. The number of imide groups is 1. The molecule has 1 fully saturated rings. The minimum Gasteiger partial charge on any atom is -0.352 e. The van der Waals surface area contributed by atoms with Crippen LogP contribution >= 0.6 is 0 Å². The molecule has 8 heteroatoms. The molecule has 3 heterocycles. The summed E-state index contributed by atoms with van der Waals surface area (Å²) in [6.07, 6.45) is 4.54. The molecular weight excluding hydrogens is 456 g/mol. The summed E-state index contributed by atoms with van der Waals surface area (Å²) in [5.41, 5.74) is 2.74. The van der Waals surface area contributed by atoms with Crippen molar-refractivity contribution in [3.05, 3.63) is 101 Å². The van der Waals surface area contributed by atoms with E-state index in [9.17, 15) is 19.2 Å². The third-order valence-corrected chi connectivity index (χ3v) is 6.74. The molecular formula is C28H26N4O4. The Labute approximate surface area is 208 Å². The number of piperidine rings is 1. The molecule has 3 aromatic rings. The second-order valence-electron chi connectivity index (χ2n) is 9.09. The topological polar surface area (TPSA) is 99.7 Å². The van der Waals surface area contributed by atoms with Gasteiger partial charge in [-0.2, -0.15) is 0 Å². The van der Waals surface area contributed by atoms with Crippen LogP contribution < -0.4 is 5.32 Å². The summed E-state index contributed by atoms with van der Waals surface area (Å²) >= 11 is 0. The standard InChI is InChI=1S/C28H26N4O4/c33-25(30-17-20-7-4-12-29-16-20)21-10-13-31(14-11-21)26(34)22-8-9-23-24(15-22)28(36)32(27(23)35)18-19-5-2-1-3-6-19/h1-9,12,15-16,21H,10-11,13-14,17-18H2,(H,30,33). The Hall–Kier alpha value is -4.33. The van der Waals surface area contributed by atoms with Crippen LogP contribution in [-0.2, 0) is 17.9 Å². The van der Waals surface area contributed by atoms with Crippen LogP contribution in [0, 0.1) is 5.92 Å². The van der Waals surface area contributed by atoms with Crippen molar-refractivity contribution < 1.29 is 19.2 Å². The lowest BCUT2D eigenvalue weighted by molar-refractivity contribution is -0.126. The lowest BCUT2D eigenvalue weighted by atomic mass is 9.95. The highest BCUT2D eigenvalue weighted by Gasteiger charge is 2.36. The predicted molar refractivity (Wildman–Crippen MR) is 132 cm³/mol. The SMILES string of the molecule is O=C(NCc1cccnc1)C1CCN(C(=O)c2ccc3c(c2)C(=O)N(Cc2ccccc2)C3=O)CC1. The van der Waals surface area contributed by atoms with Crippen LogP contribution in [0.1, 0.15) is 55.0 Å². The maximum Gasteiger partial charge on any atom is 0.261 e. The number of carbonyl (C=O) groups excluding carboxylic acids is 4. The second kappa shape index (κ2) is 10.1. The van der Waals surface area contributed by atoms with Crippen molar-refractivity contribution in [3.63, 3.8) is 0 Å². The van der Waals surface area contributed by atoms with Crippen molar-refractivity contribution in [2.24, 2.45) is 5.92 Å². The van der Waals surface area contributed by atoms with Gasteiger partial charge in [-0.1, -0.05) is 36.4 Å². The number of likely N-dealkylation sites (tertiary alicyclic amines) is 1. The number of hydrogen-bond donors (Lipinski definition) is 1. The van der Waals surface area contributed by atoms with Crippen molar-refractivity contribution in [1.29, 1.82) is 0 Å². The van der Waals surface area contributed by atoms with E-state index in [1.54, 1.807) is 29.4 Å². The highest BCUT2D eigenvalue weighted by Crippen LogP contribution is 2.27. The number of amides is 4. The summed E-state index contributed by atoms with van der Waals surface area (Å²) in [4.78, 5) is 58.5. The van der Waals surface area contributed by atoms with Crippen molar-refractivity contribution in [2.45, 2.75) is 25.9 Å². The van der Waals surface area contributed by atoms with Crippen molar-refractivity contribution in [3.8, 4) is 0 Å². The Morgan fingerprint density at radius 3 is 2.33 bits per heavy atom. The van der Waals surface area contributed by atoms with Gasteiger partial charge in [0.15, 0.2) is 0 Å². The smallest absolute Gasteiger partial charge is 0.261 e. The normalized spacial score (nSPS) is 15.7. The zero-order valence-electron chi connectivity index (χ0n) is 19.7. The summed E-state index contributed by atoms with van der Waals surface area (Å²) in [5, 5.41) is 2.95. The lowest BCUT2D eigenvalue weighted by Gasteiger charge is -2.31. The van der Waals surface area contributed by atoms with Gasteiger partial charge in [0, 0.05) is 43.5 Å². The Bertz CT molecular complexity index is 1300. The zero-order chi connectivity index (χ0) is 25.1. The zero-order valence-corrected chi connectivity index (χ0v) is 19.7. The van der Waals surface area contributed by atoms with Gasteiger partial charge < -0.3 is 10.2 Å². The Morgan fingerprint density at radius 2 is 1.61 bits per heavy atom. The monoisotopic (exact) mass is 482 g/mol. The number of benzene rings is 2. The second-order valence-corrected chi connectivity index (χ2v) is 9.09. The largest absolute Gasteiger partial charge is 0.352 e. The van der Waals surface area contributed by atoms with Gasteiger partial charge in [-0.25, -0.2) is 0 Å². The summed E-state index contributed by atoms with van der Waals surface area (Å²) in [5.74, 6) is -1.12. The summed E-state index contributed by atoms with van der Waals surface area (Å²) in [6, 6.07) is 17.7. The van der Waals surface area contributed by atoms with Crippen LogP contribution in [-0.4, -0.2) is 51.5 Å². The minimum atomic E-state index is -0.391. The quantitative estimate of drug-likeness (QED) is 0.545. The van der Waals surface area contributed by atoms with Crippen LogP contribution in [0.5, 0.6) is 0 Å². The van der Waals surface area contributed by atoms with Gasteiger partial charge in [0.2, 0.25) is 5.91 Å². The van der Waals surface area contributed by atoms with Gasteiger partial charge in [-0.15, -0.1) is 0 Å². The number of hydrogen-bond acceptors (Lipinski definition) is 5. The molecule has 0 atom stereocenters. The lowest BCUT2D eigenvalue weighted by Crippen LogP contribution is -2.43. The van der Waals surface area contributed by atoms with Crippen LogP contribution in [0.3, 0.4) is 0 Å². The highest BCUT2D eigenvalue weighted by molar-refractivity contribution is 6.22. The molecule has 1 saturated heterocycles. The van der Waals surface area contributed by atoms with E-state index in [2.05, 4.69) is 10.3 Å². The van der Waals surface area contributed by atoms with Gasteiger partial charge in [0.25, 0.3) is 17.7 Å². The summed E-state index contributed by atoms with van der Waals surface area (Å²) in [6.45, 7) is 1.52. The van der Waals surface area contributed by atoms with Crippen molar-refractivity contribution in [1.82, 2.24) is 20.1 Å². The number of nitrogens with zero attached hydrogens (tertiary/aromatic N) is 3. The first-order valence-corrected chi connectivity index (χ1v) is 12.0. The highest BCUT2D eigenvalue weighted by atomic mass is 16.2. The minimum absolute atomic E-state index is 0.0221. The molecule has 0 spiro atoms. The van der Waals surface area contributed by atoms with Gasteiger partial charge in [0.1, 0.15) is 0 Å². The van der Waals surface area contributed by atoms with Gasteiger partial charge >= 0.3 is 0 Å². The molecule has 4 amide bonds. The Morgan fingerprint density at radius 1 is 0.889 bits per heavy atom. The molecule has 0 unspecified atom stereocenters. The molecule has 1 aromatic heterocycles. The molecule has 2 aromatic carbocycles.